The van der Waals surface area contributed by atoms with Crippen molar-refractivity contribution < 1.29 is 14.1 Å². The molecule has 0 aliphatic carbocycles. The number of rotatable bonds is 8. The van der Waals surface area contributed by atoms with E-state index in [2.05, 4.69) is 46.3 Å². The van der Waals surface area contributed by atoms with E-state index in [1.54, 1.807) is 0 Å². The molecule has 0 radical (unpaired) electrons. The highest BCUT2D eigenvalue weighted by Crippen LogP contribution is 2.25. The van der Waals surface area contributed by atoms with Crippen molar-refractivity contribution in [2.24, 2.45) is 0 Å². The fourth-order valence-electron chi connectivity index (χ4n) is 4.35. The summed E-state index contributed by atoms with van der Waals surface area (Å²) in [6.07, 6.45) is 0.309. The molecule has 7 nitrogen and oxygen atoms in total. The van der Waals surface area contributed by atoms with Crippen LogP contribution in [0.3, 0.4) is 0 Å². The standard InChI is InChI=1S/C27H34N4O3/c1-5-30-12-14-31(15-13-30)26-11-8-23(16-19(26)2)28-27(32)17-22-6-9-24(10-7-22)33-18-25-20(3)29-34-21(25)4/h6-11,16H,5,12-15,17-18H2,1-4H3,(H,28,32). The van der Waals surface area contributed by atoms with Crippen molar-refractivity contribution in [3.05, 3.63) is 70.6 Å². The third kappa shape index (κ3) is 5.78. The van der Waals surface area contributed by atoms with Crippen LogP contribution in [0.25, 0.3) is 0 Å². The quantitative estimate of drug-likeness (QED) is 0.531. The Hall–Kier alpha value is -3.32. The highest BCUT2D eigenvalue weighted by Gasteiger charge is 2.17. The number of piperazine rings is 1. The lowest BCUT2D eigenvalue weighted by Crippen LogP contribution is -2.46. The predicted octanol–water partition coefficient (Wildman–Crippen LogP) is 4.50. The van der Waals surface area contributed by atoms with Crippen LogP contribution in [0, 0.1) is 20.8 Å². The van der Waals surface area contributed by atoms with E-state index in [4.69, 9.17) is 9.26 Å². The molecule has 7 heteroatoms. The van der Waals surface area contributed by atoms with Crippen LogP contribution in [-0.2, 0) is 17.8 Å². The van der Waals surface area contributed by atoms with Crippen LogP contribution >= 0.6 is 0 Å². The summed E-state index contributed by atoms with van der Waals surface area (Å²) in [4.78, 5) is 17.5. The first kappa shape index (κ1) is 23.8. The highest BCUT2D eigenvalue weighted by atomic mass is 16.5. The number of amides is 1. The molecule has 1 aliphatic heterocycles. The first-order valence-corrected chi connectivity index (χ1v) is 11.9. The molecule has 180 valence electrons. The Kier molecular flexibility index (Phi) is 7.53. The second-order valence-electron chi connectivity index (χ2n) is 8.88. The van der Waals surface area contributed by atoms with Crippen molar-refractivity contribution in [3.8, 4) is 5.75 Å². The number of carbonyl (C=O) groups excluding carboxylic acids is 1. The molecule has 0 unspecified atom stereocenters. The minimum Gasteiger partial charge on any atom is -0.489 e. The Morgan fingerprint density at radius 2 is 1.79 bits per heavy atom. The summed E-state index contributed by atoms with van der Waals surface area (Å²) in [6, 6.07) is 13.8. The van der Waals surface area contributed by atoms with Crippen LogP contribution in [0.5, 0.6) is 5.75 Å². The zero-order valence-corrected chi connectivity index (χ0v) is 20.6. The number of benzene rings is 2. The summed E-state index contributed by atoms with van der Waals surface area (Å²) in [6.45, 7) is 13.9. The average molecular weight is 463 g/mol. The molecule has 2 aromatic carbocycles. The lowest BCUT2D eigenvalue weighted by atomic mass is 10.1. The number of ether oxygens (including phenoxy) is 1. The summed E-state index contributed by atoms with van der Waals surface area (Å²) in [5, 5.41) is 6.98. The minimum absolute atomic E-state index is 0.0342. The van der Waals surface area contributed by atoms with Gasteiger partial charge in [-0.05, 0) is 68.8 Å². The molecule has 2 heterocycles. The van der Waals surface area contributed by atoms with Gasteiger partial charge in [-0.15, -0.1) is 0 Å². The van der Waals surface area contributed by atoms with E-state index >= 15 is 0 Å². The van der Waals surface area contributed by atoms with Crippen molar-refractivity contribution in [1.82, 2.24) is 10.1 Å². The van der Waals surface area contributed by atoms with Gasteiger partial charge in [-0.2, -0.15) is 0 Å². The van der Waals surface area contributed by atoms with Gasteiger partial charge in [0, 0.05) is 37.6 Å². The lowest BCUT2D eigenvalue weighted by molar-refractivity contribution is -0.115. The summed E-state index contributed by atoms with van der Waals surface area (Å²) in [5.41, 5.74) is 6.01. The molecular weight excluding hydrogens is 428 g/mol. The van der Waals surface area contributed by atoms with E-state index < -0.39 is 0 Å². The Morgan fingerprint density at radius 3 is 2.41 bits per heavy atom. The van der Waals surface area contributed by atoms with Crippen LogP contribution in [0.4, 0.5) is 11.4 Å². The SMILES string of the molecule is CCN1CCN(c2ccc(NC(=O)Cc3ccc(OCc4c(C)noc4C)cc3)cc2C)CC1. The van der Waals surface area contributed by atoms with Gasteiger partial charge in [-0.25, -0.2) is 0 Å². The summed E-state index contributed by atoms with van der Waals surface area (Å²) < 4.78 is 11.0. The van der Waals surface area contributed by atoms with Gasteiger partial charge in [0.05, 0.1) is 17.7 Å². The second kappa shape index (κ2) is 10.7. The van der Waals surface area contributed by atoms with E-state index in [9.17, 15) is 4.79 Å². The fraction of sp³-hybridized carbons (Fsp3) is 0.407. The van der Waals surface area contributed by atoms with Gasteiger partial charge in [0.1, 0.15) is 18.1 Å². The average Bonchev–Trinajstić information content (AvgIpc) is 3.16. The van der Waals surface area contributed by atoms with E-state index in [0.717, 1.165) is 66.7 Å². The molecule has 0 bridgehead atoms. The van der Waals surface area contributed by atoms with Gasteiger partial charge in [-0.1, -0.05) is 24.2 Å². The zero-order chi connectivity index (χ0) is 24.1. The zero-order valence-electron chi connectivity index (χ0n) is 20.6. The summed E-state index contributed by atoms with van der Waals surface area (Å²) in [5.74, 6) is 1.48. The molecule has 1 fully saturated rings. The molecule has 1 aliphatic rings. The molecule has 34 heavy (non-hydrogen) atoms. The molecular formula is C27H34N4O3. The van der Waals surface area contributed by atoms with Crippen molar-refractivity contribution in [1.29, 1.82) is 0 Å². The van der Waals surface area contributed by atoms with Crippen LogP contribution in [-0.4, -0.2) is 48.7 Å². The Morgan fingerprint density at radius 1 is 1.06 bits per heavy atom. The van der Waals surface area contributed by atoms with E-state index in [0.29, 0.717) is 13.0 Å². The number of nitrogens with zero attached hydrogens (tertiary/aromatic N) is 3. The molecule has 1 N–H and O–H groups in total. The maximum Gasteiger partial charge on any atom is 0.228 e. The van der Waals surface area contributed by atoms with Gasteiger partial charge < -0.3 is 24.4 Å². The predicted molar refractivity (Wildman–Crippen MR) is 135 cm³/mol. The van der Waals surface area contributed by atoms with Gasteiger partial charge in [0.2, 0.25) is 5.91 Å². The van der Waals surface area contributed by atoms with E-state index in [1.807, 2.05) is 44.2 Å². The number of aryl methyl sites for hydroxylation is 3. The topological polar surface area (TPSA) is 70.8 Å². The van der Waals surface area contributed by atoms with Crippen LogP contribution in [0.1, 0.15) is 35.1 Å². The van der Waals surface area contributed by atoms with Crippen LogP contribution in [0.2, 0.25) is 0 Å². The van der Waals surface area contributed by atoms with Crippen molar-refractivity contribution in [2.75, 3.05) is 42.9 Å². The molecule has 1 aromatic heterocycles. The number of hydrogen-bond donors (Lipinski definition) is 1. The van der Waals surface area contributed by atoms with Gasteiger partial charge in [0.15, 0.2) is 0 Å². The third-order valence-corrected chi connectivity index (χ3v) is 6.49. The Labute approximate surface area is 201 Å². The number of anilines is 2. The molecule has 4 rings (SSSR count). The third-order valence-electron chi connectivity index (χ3n) is 6.49. The van der Waals surface area contributed by atoms with Gasteiger partial charge in [-0.3, -0.25) is 4.79 Å². The van der Waals surface area contributed by atoms with E-state index in [1.165, 1.54) is 11.3 Å². The molecule has 1 saturated heterocycles. The van der Waals surface area contributed by atoms with Crippen LogP contribution < -0.4 is 15.0 Å². The maximum absolute atomic E-state index is 12.6. The Bertz CT molecular complexity index is 1100. The molecule has 0 atom stereocenters. The summed E-state index contributed by atoms with van der Waals surface area (Å²) >= 11 is 0. The lowest BCUT2D eigenvalue weighted by Gasteiger charge is -2.36. The number of nitrogens with one attached hydrogen (secondary N) is 1. The highest BCUT2D eigenvalue weighted by molar-refractivity contribution is 5.92. The smallest absolute Gasteiger partial charge is 0.228 e. The largest absolute Gasteiger partial charge is 0.489 e. The monoisotopic (exact) mass is 462 g/mol. The number of aromatic nitrogens is 1. The first-order chi connectivity index (χ1) is 16.4. The first-order valence-electron chi connectivity index (χ1n) is 11.9. The summed E-state index contributed by atoms with van der Waals surface area (Å²) in [7, 11) is 0. The van der Waals surface area contributed by atoms with Crippen LogP contribution in [0.15, 0.2) is 47.0 Å². The maximum atomic E-state index is 12.6. The van der Waals surface area contributed by atoms with Crippen molar-refractivity contribution >= 4 is 17.3 Å². The van der Waals surface area contributed by atoms with Crippen molar-refractivity contribution in [2.45, 2.75) is 40.7 Å². The number of hydrogen-bond acceptors (Lipinski definition) is 6. The normalized spacial score (nSPS) is 14.3. The molecule has 3 aromatic rings. The van der Waals surface area contributed by atoms with Crippen molar-refractivity contribution in [3.63, 3.8) is 0 Å². The van der Waals surface area contributed by atoms with Gasteiger partial charge in [0.25, 0.3) is 0 Å². The molecule has 0 spiro atoms. The second-order valence-corrected chi connectivity index (χ2v) is 8.88. The van der Waals surface area contributed by atoms with Gasteiger partial charge >= 0.3 is 0 Å². The number of carbonyl (C=O) groups is 1. The van der Waals surface area contributed by atoms with E-state index in [-0.39, 0.29) is 5.91 Å². The minimum atomic E-state index is -0.0342. The molecule has 0 saturated carbocycles. The fourth-order valence-corrected chi connectivity index (χ4v) is 4.35. The number of likely N-dealkylation sites (N-methyl/N-ethyl adjacent to an activating group) is 1. The Balaban J connectivity index is 1.29. The molecule has 1 amide bonds.